The number of nitrogens with two attached hydrogens (primary N) is 1. The maximum absolute atomic E-state index is 12.2. The molecule has 0 aliphatic heterocycles. The lowest BCUT2D eigenvalue weighted by Gasteiger charge is -2.17. The highest BCUT2D eigenvalue weighted by Crippen LogP contribution is 2.24. The number of sulfone groups is 1. The van der Waals surface area contributed by atoms with Gasteiger partial charge in [0.05, 0.1) is 10.6 Å². The Labute approximate surface area is 110 Å². The molecule has 0 aliphatic carbocycles. The summed E-state index contributed by atoms with van der Waals surface area (Å²) in [5, 5.41) is 0. The lowest BCUT2D eigenvalue weighted by molar-refractivity contribution is 0.373. The number of hydrogen-bond donors (Lipinski definition) is 1. The van der Waals surface area contributed by atoms with Crippen LogP contribution >= 0.6 is 0 Å². The molecule has 0 aliphatic rings. The summed E-state index contributed by atoms with van der Waals surface area (Å²) in [6.45, 7) is 8.14. The van der Waals surface area contributed by atoms with Crippen LogP contribution in [0.2, 0.25) is 0 Å². The molecule has 3 nitrogen and oxygen atoms in total. The van der Waals surface area contributed by atoms with E-state index in [4.69, 9.17) is 5.73 Å². The molecule has 4 heteroatoms. The lowest BCUT2D eigenvalue weighted by atomic mass is 9.91. The van der Waals surface area contributed by atoms with E-state index in [0.717, 1.165) is 12.0 Å². The standard InChI is InChI=1S/C14H23NO2S/c1-11-10-12(15)6-7-13(11)18(16,17)9-5-8-14(2,3)4/h6-7,10H,5,8-9,15H2,1-4H3. The van der Waals surface area contributed by atoms with Gasteiger partial charge in [-0.25, -0.2) is 8.42 Å². The predicted octanol–water partition coefficient (Wildman–Crippen LogP) is 3.18. The zero-order chi connectivity index (χ0) is 14.0. The molecule has 0 saturated carbocycles. The fourth-order valence-corrected chi connectivity index (χ4v) is 3.49. The van der Waals surface area contributed by atoms with Crippen LogP contribution in [0.1, 0.15) is 39.2 Å². The molecule has 1 aromatic carbocycles. The Morgan fingerprint density at radius 3 is 2.33 bits per heavy atom. The molecule has 1 aromatic rings. The van der Waals surface area contributed by atoms with E-state index in [1.165, 1.54) is 0 Å². The van der Waals surface area contributed by atoms with Crippen LogP contribution in [-0.2, 0) is 9.84 Å². The lowest BCUT2D eigenvalue weighted by Crippen LogP contribution is -2.12. The molecule has 0 saturated heterocycles. The smallest absolute Gasteiger partial charge is 0.178 e. The fourth-order valence-electron chi connectivity index (χ4n) is 1.92. The van der Waals surface area contributed by atoms with E-state index in [1.807, 2.05) is 0 Å². The van der Waals surface area contributed by atoms with Crippen molar-refractivity contribution in [2.75, 3.05) is 11.5 Å². The average Bonchev–Trinajstić information content (AvgIpc) is 2.13. The molecule has 18 heavy (non-hydrogen) atoms. The van der Waals surface area contributed by atoms with Crippen molar-refractivity contribution < 1.29 is 8.42 Å². The van der Waals surface area contributed by atoms with Crippen molar-refractivity contribution >= 4 is 15.5 Å². The number of nitrogen functional groups attached to an aromatic ring is 1. The second-order valence-corrected chi connectivity index (χ2v) is 8.09. The first-order valence-electron chi connectivity index (χ1n) is 6.21. The van der Waals surface area contributed by atoms with Crippen molar-refractivity contribution in [3.05, 3.63) is 23.8 Å². The molecule has 2 N–H and O–H groups in total. The summed E-state index contributed by atoms with van der Waals surface area (Å²) in [7, 11) is -3.19. The number of aryl methyl sites for hydroxylation is 1. The molecule has 102 valence electrons. The van der Waals surface area contributed by atoms with Crippen molar-refractivity contribution in [2.24, 2.45) is 5.41 Å². The highest BCUT2D eigenvalue weighted by molar-refractivity contribution is 7.91. The Morgan fingerprint density at radius 1 is 1.22 bits per heavy atom. The van der Waals surface area contributed by atoms with Crippen LogP contribution in [0.5, 0.6) is 0 Å². The fraction of sp³-hybridized carbons (Fsp3) is 0.571. The van der Waals surface area contributed by atoms with Gasteiger partial charge < -0.3 is 5.73 Å². The Balaban J connectivity index is 2.81. The molecular weight excluding hydrogens is 246 g/mol. The molecule has 1 rings (SSSR count). The van der Waals surface area contributed by atoms with E-state index in [-0.39, 0.29) is 11.2 Å². The molecule has 0 spiro atoms. The first kappa shape index (κ1) is 15.0. The van der Waals surface area contributed by atoms with Crippen LogP contribution < -0.4 is 5.73 Å². The van der Waals surface area contributed by atoms with Crippen molar-refractivity contribution in [1.29, 1.82) is 0 Å². The average molecular weight is 269 g/mol. The van der Waals surface area contributed by atoms with Crippen LogP contribution in [0, 0.1) is 12.3 Å². The zero-order valence-corrected chi connectivity index (χ0v) is 12.5. The third-order valence-electron chi connectivity index (χ3n) is 2.87. The van der Waals surface area contributed by atoms with E-state index in [1.54, 1.807) is 25.1 Å². The van der Waals surface area contributed by atoms with Gasteiger partial charge in [-0.05, 0) is 48.9 Å². The SMILES string of the molecule is Cc1cc(N)ccc1S(=O)(=O)CCCC(C)(C)C. The summed E-state index contributed by atoms with van der Waals surface area (Å²) >= 11 is 0. The van der Waals surface area contributed by atoms with E-state index >= 15 is 0 Å². The molecule has 0 heterocycles. The largest absolute Gasteiger partial charge is 0.399 e. The quantitative estimate of drug-likeness (QED) is 0.854. The van der Waals surface area contributed by atoms with Gasteiger partial charge in [-0.3, -0.25) is 0 Å². The normalized spacial score (nSPS) is 12.7. The molecule has 0 bridgehead atoms. The van der Waals surface area contributed by atoms with E-state index in [0.29, 0.717) is 17.0 Å². The molecule has 0 fully saturated rings. The van der Waals surface area contributed by atoms with Crippen LogP contribution in [0.3, 0.4) is 0 Å². The minimum atomic E-state index is -3.19. The summed E-state index contributed by atoms with van der Waals surface area (Å²) in [6.07, 6.45) is 1.59. The van der Waals surface area contributed by atoms with Gasteiger partial charge in [0.1, 0.15) is 0 Å². The van der Waals surface area contributed by atoms with Crippen molar-refractivity contribution in [2.45, 2.75) is 45.4 Å². The Kier molecular flexibility index (Phi) is 4.43. The van der Waals surface area contributed by atoms with Crippen molar-refractivity contribution in [3.63, 3.8) is 0 Å². The predicted molar refractivity (Wildman–Crippen MR) is 76.3 cm³/mol. The van der Waals surface area contributed by atoms with E-state index < -0.39 is 9.84 Å². The number of anilines is 1. The Hall–Kier alpha value is -1.03. The molecule has 0 unspecified atom stereocenters. The topological polar surface area (TPSA) is 60.2 Å². The summed E-state index contributed by atoms with van der Waals surface area (Å²) in [6, 6.07) is 4.96. The summed E-state index contributed by atoms with van der Waals surface area (Å²) < 4.78 is 24.4. The van der Waals surface area contributed by atoms with Gasteiger partial charge in [-0.2, -0.15) is 0 Å². The molecule has 0 amide bonds. The third-order valence-corrected chi connectivity index (χ3v) is 4.83. The molecule has 0 radical (unpaired) electrons. The van der Waals surface area contributed by atoms with Gasteiger partial charge in [0.25, 0.3) is 0 Å². The number of rotatable bonds is 4. The third kappa shape index (κ3) is 4.33. The highest BCUT2D eigenvalue weighted by atomic mass is 32.2. The van der Waals surface area contributed by atoms with Gasteiger partial charge >= 0.3 is 0 Å². The van der Waals surface area contributed by atoms with Gasteiger partial charge in [-0.1, -0.05) is 20.8 Å². The molecular formula is C14H23NO2S. The number of benzene rings is 1. The Morgan fingerprint density at radius 2 is 1.83 bits per heavy atom. The zero-order valence-electron chi connectivity index (χ0n) is 11.7. The van der Waals surface area contributed by atoms with Gasteiger partial charge in [0, 0.05) is 5.69 Å². The minimum Gasteiger partial charge on any atom is -0.399 e. The Bertz CT molecular complexity index is 513. The highest BCUT2D eigenvalue weighted by Gasteiger charge is 2.18. The van der Waals surface area contributed by atoms with E-state index in [2.05, 4.69) is 20.8 Å². The first-order chi connectivity index (χ1) is 8.12. The molecule has 0 atom stereocenters. The summed E-state index contributed by atoms with van der Waals surface area (Å²) in [5.41, 5.74) is 7.13. The van der Waals surface area contributed by atoms with Crippen LogP contribution in [0.15, 0.2) is 23.1 Å². The van der Waals surface area contributed by atoms with Crippen LogP contribution in [0.25, 0.3) is 0 Å². The second-order valence-electron chi connectivity index (χ2n) is 6.01. The minimum absolute atomic E-state index is 0.172. The summed E-state index contributed by atoms with van der Waals surface area (Å²) in [5.74, 6) is 0.203. The van der Waals surface area contributed by atoms with Gasteiger partial charge in [0.2, 0.25) is 0 Å². The summed E-state index contributed by atoms with van der Waals surface area (Å²) in [4.78, 5) is 0.408. The maximum atomic E-state index is 12.2. The van der Waals surface area contributed by atoms with Gasteiger partial charge in [-0.15, -0.1) is 0 Å². The van der Waals surface area contributed by atoms with Crippen LogP contribution in [-0.4, -0.2) is 14.2 Å². The van der Waals surface area contributed by atoms with Crippen molar-refractivity contribution in [3.8, 4) is 0 Å². The first-order valence-corrected chi connectivity index (χ1v) is 7.86. The van der Waals surface area contributed by atoms with E-state index in [9.17, 15) is 8.42 Å². The van der Waals surface area contributed by atoms with Gasteiger partial charge in [0.15, 0.2) is 9.84 Å². The maximum Gasteiger partial charge on any atom is 0.178 e. The van der Waals surface area contributed by atoms with Crippen LogP contribution in [0.4, 0.5) is 5.69 Å². The monoisotopic (exact) mass is 269 g/mol. The number of hydrogen-bond acceptors (Lipinski definition) is 3. The molecule has 0 aromatic heterocycles. The van der Waals surface area contributed by atoms with Crippen molar-refractivity contribution in [1.82, 2.24) is 0 Å². The second kappa shape index (κ2) is 5.31.